The summed E-state index contributed by atoms with van der Waals surface area (Å²) in [5, 5.41) is 8.69. The molecule has 0 N–H and O–H groups in total. The van der Waals surface area contributed by atoms with E-state index in [2.05, 4.69) is 61.1 Å². The zero-order valence-electron chi connectivity index (χ0n) is 17.5. The van der Waals surface area contributed by atoms with E-state index in [1.807, 2.05) is 10.9 Å². The summed E-state index contributed by atoms with van der Waals surface area (Å²) in [6.45, 7) is 8.88. The van der Waals surface area contributed by atoms with Crippen LogP contribution in [0.3, 0.4) is 0 Å². The Bertz CT molecular complexity index is 1020. The molecule has 3 heterocycles. The minimum absolute atomic E-state index is 0.00645. The molecule has 1 aliphatic carbocycles. The van der Waals surface area contributed by atoms with Crippen LogP contribution in [0.5, 0.6) is 0 Å². The number of carbonyl (C=O) groups is 1. The molecule has 0 saturated carbocycles. The molecule has 1 aromatic heterocycles. The van der Waals surface area contributed by atoms with Crippen LogP contribution in [-0.4, -0.2) is 38.8 Å². The monoisotopic (exact) mass is 405 g/mol. The van der Waals surface area contributed by atoms with Crippen LogP contribution in [0, 0.1) is 12.8 Å². The quantitative estimate of drug-likeness (QED) is 0.334. The fourth-order valence-corrected chi connectivity index (χ4v) is 4.70. The molecule has 6 heteroatoms. The zero-order valence-corrected chi connectivity index (χ0v) is 17.5. The van der Waals surface area contributed by atoms with E-state index >= 15 is 0 Å². The zero-order chi connectivity index (χ0) is 20.9. The van der Waals surface area contributed by atoms with Crippen molar-refractivity contribution in [3.63, 3.8) is 0 Å². The molecule has 1 aromatic carbocycles. The fraction of sp³-hybridized carbons (Fsp3) is 0.458. The summed E-state index contributed by atoms with van der Waals surface area (Å²) in [4.78, 5) is 12.1. The van der Waals surface area contributed by atoms with E-state index in [4.69, 9.17) is 9.47 Å². The number of carbonyl (C=O) groups excluding carboxylic acids is 1. The van der Waals surface area contributed by atoms with Crippen LogP contribution in [0.25, 0.3) is 11.3 Å². The molecule has 2 saturated heterocycles. The molecule has 30 heavy (non-hydrogen) atoms. The third-order valence-corrected chi connectivity index (χ3v) is 6.69. The van der Waals surface area contributed by atoms with Crippen molar-refractivity contribution in [1.29, 1.82) is 0 Å². The van der Waals surface area contributed by atoms with Crippen molar-refractivity contribution in [3.8, 4) is 11.3 Å². The van der Waals surface area contributed by atoms with Crippen LogP contribution in [-0.2, 0) is 20.8 Å². The van der Waals surface area contributed by atoms with E-state index in [1.54, 1.807) is 0 Å². The van der Waals surface area contributed by atoms with E-state index in [1.165, 1.54) is 11.1 Å². The number of hydrogen-bond donors (Lipinski definition) is 0. The molecule has 156 valence electrons. The highest BCUT2D eigenvalue weighted by Crippen LogP contribution is 2.49. The highest BCUT2D eigenvalue weighted by Gasteiger charge is 2.61. The van der Waals surface area contributed by atoms with Crippen molar-refractivity contribution in [2.75, 3.05) is 0 Å². The Hall–Kier alpha value is -2.73. The molecule has 5 rings (SSSR count). The van der Waals surface area contributed by atoms with Gasteiger partial charge in [-0.1, -0.05) is 53.3 Å². The first-order valence-corrected chi connectivity index (χ1v) is 10.7. The Morgan fingerprint density at radius 1 is 1.30 bits per heavy atom. The number of nitrogens with zero attached hydrogens (tertiary/aromatic N) is 3. The summed E-state index contributed by atoms with van der Waals surface area (Å²) in [6, 6.07) is 8.31. The first kappa shape index (κ1) is 19.2. The smallest absolute Gasteiger partial charge is 0.334 e. The molecule has 2 aromatic rings. The van der Waals surface area contributed by atoms with E-state index < -0.39 is 0 Å². The summed E-state index contributed by atoms with van der Waals surface area (Å²) in [5.41, 5.74) is 4.84. The molecule has 4 atom stereocenters. The first-order valence-electron chi connectivity index (χ1n) is 10.7. The molecule has 2 aliphatic heterocycles. The van der Waals surface area contributed by atoms with Gasteiger partial charge in [-0.2, -0.15) is 0 Å². The number of fused-ring (bicyclic) bond motifs is 3. The van der Waals surface area contributed by atoms with Gasteiger partial charge in [0.15, 0.2) is 0 Å². The molecule has 3 aliphatic rings. The maximum absolute atomic E-state index is 12.1. The normalized spacial score (nSPS) is 32.6. The van der Waals surface area contributed by atoms with Gasteiger partial charge in [-0.3, -0.25) is 0 Å². The van der Waals surface area contributed by atoms with Gasteiger partial charge in [-0.25, -0.2) is 9.48 Å². The lowest BCUT2D eigenvalue weighted by atomic mass is 9.84. The lowest BCUT2D eigenvalue weighted by Crippen LogP contribution is -2.29. The van der Waals surface area contributed by atoms with E-state index in [0.717, 1.165) is 36.9 Å². The summed E-state index contributed by atoms with van der Waals surface area (Å²) < 4.78 is 13.5. The van der Waals surface area contributed by atoms with E-state index in [9.17, 15) is 4.79 Å². The first-order chi connectivity index (χ1) is 14.4. The molecule has 0 bridgehead atoms. The maximum atomic E-state index is 12.1. The van der Waals surface area contributed by atoms with E-state index in [0.29, 0.717) is 12.1 Å². The number of ether oxygens (including phenoxy) is 2. The van der Waals surface area contributed by atoms with Gasteiger partial charge in [0.25, 0.3) is 0 Å². The summed E-state index contributed by atoms with van der Waals surface area (Å²) in [6.07, 6.45) is 7.65. The SMILES string of the molecule is C=C1C(=O)O[C@H]2[C@H]1CC/C(Cn1cc(-c3ccc(C)cc3)nn1)=C\CC[C@@]1(C)O[C@@H]21. The van der Waals surface area contributed by atoms with Crippen molar-refractivity contribution in [1.82, 2.24) is 15.0 Å². The summed E-state index contributed by atoms with van der Waals surface area (Å²) >= 11 is 0. The van der Waals surface area contributed by atoms with Gasteiger partial charge in [-0.15, -0.1) is 5.10 Å². The number of hydrogen-bond acceptors (Lipinski definition) is 5. The minimum atomic E-state index is -0.272. The average molecular weight is 405 g/mol. The molecule has 0 unspecified atom stereocenters. The highest BCUT2D eigenvalue weighted by molar-refractivity contribution is 5.91. The lowest BCUT2D eigenvalue weighted by Gasteiger charge is -2.20. The number of rotatable bonds is 3. The van der Waals surface area contributed by atoms with Crippen molar-refractivity contribution in [2.24, 2.45) is 5.92 Å². The number of aromatic nitrogens is 3. The Kier molecular flexibility index (Phi) is 4.62. The number of epoxide rings is 1. The lowest BCUT2D eigenvalue weighted by molar-refractivity contribution is -0.140. The largest absolute Gasteiger partial charge is 0.455 e. The second-order valence-electron chi connectivity index (χ2n) is 8.96. The Balaban J connectivity index is 1.33. The number of allylic oxidation sites excluding steroid dienone is 2. The van der Waals surface area contributed by atoms with Crippen LogP contribution in [0.15, 0.2) is 54.3 Å². The molecule has 0 amide bonds. The highest BCUT2D eigenvalue weighted by atomic mass is 16.6. The van der Waals surface area contributed by atoms with Gasteiger partial charge in [-0.05, 0) is 39.5 Å². The molecule has 0 spiro atoms. The summed E-state index contributed by atoms with van der Waals surface area (Å²) in [7, 11) is 0. The molecule has 2 fully saturated rings. The minimum Gasteiger partial charge on any atom is -0.455 e. The molecule has 0 radical (unpaired) electrons. The molecular formula is C24H27N3O3. The Morgan fingerprint density at radius 3 is 2.90 bits per heavy atom. The molecule has 6 nitrogen and oxygen atoms in total. The van der Waals surface area contributed by atoms with Gasteiger partial charge in [0.05, 0.1) is 18.3 Å². The predicted octanol–water partition coefficient (Wildman–Crippen LogP) is 4.01. The van der Waals surface area contributed by atoms with Crippen LogP contribution < -0.4 is 0 Å². The second kappa shape index (κ2) is 7.20. The number of aryl methyl sites for hydroxylation is 1. The second-order valence-corrected chi connectivity index (χ2v) is 8.96. The van der Waals surface area contributed by atoms with Crippen LogP contribution in [0.1, 0.15) is 38.2 Å². The Labute approximate surface area is 176 Å². The van der Waals surface area contributed by atoms with Crippen LogP contribution in [0.2, 0.25) is 0 Å². The third-order valence-electron chi connectivity index (χ3n) is 6.69. The maximum Gasteiger partial charge on any atom is 0.334 e. The predicted molar refractivity (Wildman–Crippen MR) is 113 cm³/mol. The number of esters is 1. The molecular weight excluding hydrogens is 378 g/mol. The third kappa shape index (κ3) is 3.49. The van der Waals surface area contributed by atoms with Gasteiger partial charge < -0.3 is 9.47 Å². The fourth-order valence-electron chi connectivity index (χ4n) is 4.70. The standard InChI is InChI=1S/C24H27N3O3/c1-15-6-9-18(10-7-15)20-14-27(26-25-20)13-17-5-4-12-24(3)22(30-24)21-19(11-8-17)16(2)23(28)29-21/h5-7,9-10,14,19,21-22H,2,4,8,11-13H2,1,3H3/b17-5+/t19-,21-,22-,24+/m0/s1. The van der Waals surface area contributed by atoms with Crippen molar-refractivity contribution in [3.05, 3.63) is 59.8 Å². The number of benzene rings is 1. The van der Waals surface area contributed by atoms with Gasteiger partial charge >= 0.3 is 5.97 Å². The van der Waals surface area contributed by atoms with Crippen LogP contribution >= 0.6 is 0 Å². The van der Waals surface area contributed by atoms with Crippen molar-refractivity contribution < 1.29 is 14.3 Å². The Morgan fingerprint density at radius 2 is 2.10 bits per heavy atom. The van der Waals surface area contributed by atoms with Gasteiger partial charge in [0.2, 0.25) is 0 Å². The van der Waals surface area contributed by atoms with Crippen LogP contribution in [0.4, 0.5) is 0 Å². The van der Waals surface area contributed by atoms with Crippen molar-refractivity contribution >= 4 is 5.97 Å². The summed E-state index contributed by atoms with van der Waals surface area (Å²) in [5.74, 6) is -0.253. The van der Waals surface area contributed by atoms with Crippen molar-refractivity contribution in [2.45, 2.75) is 63.9 Å². The van der Waals surface area contributed by atoms with Gasteiger partial charge in [0, 0.05) is 17.1 Å². The van der Waals surface area contributed by atoms with E-state index in [-0.39, 0.29) is 29.7 Å². The average Bonchev–Trinajstić information content (AvgIpc) is 3.04. The van der Waals surface area contributed by atoms with Gasteiger partial charge in [0.1, 0.15) is 17.9 Å². The topological polar surface area (TPSA) is 69.5 Å².